The van der Waals surface area contributed by atoms with E-state index in [-0.39, 0.29) is 22.5 Å². The van der Waals surface area contributed by atoms with Gasteiger partial charge in [-0.3, -0.25) is 9.59 Å². The summed E-state index contributed by atoms with van der Waals surface area (Å²) in [5.41, 5.74) is 1.33. The van der Waals surface area contributed by atoms with Gasteiger partial charge in [-0.15, -0.1) is 0 Å². The van der Waals surface area contributed by atoms with Crippen molar-refractivity contribution in [2.75, 3.05) is 0 Å². The Kier molecular flexibility index (Phi) is 3.70. The molecule has 2 fully saturated rings. The fourth-order valence-corrected chi connectivity index (χ4v) is 4.42. The monoisotopic (exact) mass is 312 g/mol. The van der Waals surface area contributed by atoms with Crippen LogP contribution in [0.3, 0.4) is 0 Å². The highest BCUT2D eigenvalue weighted by atomic mass is 16.4. The number of hydrogen-bond acceptors (Lipinski definition) is 2. The molecule has 0 heterocycles. The molecule has 2 aliphatic rings. The van der Waals surface area contributed by atoms with Crippen LogP contribution in [0.2, 0.25) is 0 Å². The molecule has 1 aromatic rings. The third-order valence-corrected chi connectivity index (χ3v) is 6.36. The van der Waals surface area contributed by atoms with Crippen molar-refractivity contribution in [3.63, 3.8) is 0 Å². The molecule has 122 valence electrons. The molecule has 3 nitrogen and oxygen atoms in total. The summed E-state index contributed by atoms with van der Waals surface area (Å²) in [6.07, 6.45) is 4.07. The summed E-state index contributed by atoms with van der Waals surface area (Å²) in [4.78, 5) is 24.5. The highest BCUT2D eigenvalue weighted by Gasteiger charge is 2.63. The number of carboxylic acids is 1. The number of rotatable bonds is 4. The SMILES string of the molecule is CC1(C)[C@H]2CC[C@]1(C)C(=O)/C2=C/[C@@H](Cc1ccccc1)C(=O)O. The number of carboxylic acid groups (broad SMARTS) is 1. The Bertz CT molecular complexity index is 671. The first-order valence-electron chi connectivity index (χ1n) is 8.30. The Morgan fingerprint density at radius 2 is 1.96 bits per heavy atom. The molecular weight excluding hydrogens is 288 g/mol. The smallest absolute Gasteiger partial charge is 0.310 e. The van der Waals surface area contributed by atoms with Crippen LogP contribution in [-0.2, 0) is 16.0 Å². The molecule has 0 spiro atoms. The molecule has 3 atom stereocenters. The first-order valence-corrected chi connectivity index (χ1v) is 8.30. The number of benzene rings is 1. The Morgan fingerprint density at radius 1 is 1.30 bits per heavy atom. The molecule has 0 aromatic heterocycles. The van der Waals surface area contributed by atoms with Gasteiger partial charge < -0.3 is 5.11 Å². The van der Waals surface area contributed by atoms with E-state index in [1.807, 2.05) is 37.3 Å². The number of ketones is 1. The fourth-order valence-electron chi connectivity index (χ4n) is 4.42. The van der Waals surface area contributed by atoms with E-state index in [4.69, 9.17) is 0 Å². The van der Waals surface area contributed by atoms with Crippen LogP contribution in [0.25, 0.3) is 0 Å². The van der Waals surface area contributed by atoms with Crippen molar-refractivity contribution in [1.29, 1.82) is 0 Å². The highest BCUT2D eigenvalue weighted by molar-refractivity contribution is 6.05. The van der Waals surface area contributed by atoms with Crippen molar-refractivity contribution in [3.8, 4) is 0 Å². The van der Waals surface area contributed by atoms with Crippen molar-refractivity contribution in [2.45, 2.75) is 40.0 Å². The molecule has 2 saturated carbocycles. The van der Waals surface area contributed by atoms with Crippen molar-refractivity contribution < 1.29 is 14.7 Å². The van der Waals surface area contributed by atoms with Crippen molar-refractivity contribution in [3.05, 3.63) is 47.5 Å². The molecule has 1 N–H and O–H groups in total. The lowest BCUT2D eigenvalue weighted by Gasteiger charge is -2.31. The van der Waals surface area contributed by atoms with Gasteiger partial charge >= 0.3 is 5.97 Å². The molecule has 2 bridgehead atoms. The number of fused-ring (bicyclic) bond motifs is 2. The van der Waals surface area contributed by atoms with Crippen molar-refractivity contribution >= 4 is 11.8 Å². The van der Waals surface area contributed by atoms with Gasteiger partial charge in [0.05, 0.1) is 5.92 Å². The molecule has 0 saturated heterocycles. The van der Waals surface area contributed by atoms with E-state index < -0.39 is 11.9 Å². The second-order valence-electron chi connectivity index (χ2n) is 7.73. The van der Waals surface area contributed by atoms with E-state index in [1.165, 1.54) is 0 Å². The number of Topliss-reactive ketones (excluding diaryl/α,β-unsaturated/α-hetero) is 1. The quantitative estimate of drug-likeness (QED) is 0.858. The number of aliphatic carboxylic acids is 1. The van der Waals surface area contributed by atoms with Gasteiger partial charge in [-0.25, -0.2) is 0 Å². The molecule has 0 radical (unpaired) electrons. The summed E-state index contributed by atoms with van der Waals surface area (Å²) < 4.78 is 0. The van der Waals surface area contributed by atoms with Gasteiger partial charge in [0, 0.05) is 5.41 Å². The molecule has 1 aromatic carbocycles. The largest absolute Gasteiger partial charge is 0.481 e. The Hall–Kier alpha value is -1.90. The Labute approximate surface area is 137 Å². The first kappa shape index (κ1) is 16.0. The average Bonchev–Trinajstić information content (AvgIpc) is 2.81. The van der Waals surface area contributed by atoms with Crippen LogP contribution < -0.4 is 0 Å². The zero-order valence-electron chi connectivity index (χ0n) is 14.0. The second-order valence-corrected chi connectivity index (χ2v) is 7.73. The lowest BCUT2D eigenvalue weighted by molar-refractivity contribution is -0.140. The highest BCUT2D eigenvalue weighted by Crippen LogP contribution is 2.65. The topological polar surface area (TPSA) is 54.4 Å². The maximum absolute atomic E-state index is 12.9. The summed E-state index contributed by atoms with van der Waals surface area (Å²) in [6.45, 7) is 6.34. The van der Waals surface area contributed by atoms with Crippen LogP contribution in [0.1, 0.15) is 39.2 Å². The molecular formula is C20H24O3. The van der Waals surface area contributed by atoms with Gasteiger partial charge in [-0.1, -0.05) is 57.2 Å². The minimum Gasteiger partial charge on any atom is -0.481 e. The normalized spacial score (nSPS) is 31.5. The molecule has 2 aliphatic carbocycles. The summed E-state index contributed by atoms with van der Waals surface area (Å²) in [5, 5.41) is 9.59. The van der Waals surface area contributed by atoms with E-state index in [1.54, 1.807) is 6.08 Å². The van der Waals surface area contributed by atoms with Crippen LogP contribution in [-0.4, -0.2) is 16.9 Å². The zero-order chi connectivity index (χ0) is 16.8. The number of allylic oxidation sites excluding steroid dienone is 1. The molecule has 3 rings (SSSR count). The number of carbonyl (C=O) groups is 2. The van der Waals surface area contributed by atoms with Gasteiger partial charge in [0.2, 0.25) is 0 Å². The summed E-state index contributed by atoms with van der Waals surface area (Å²) in [5.74, 6) is -1.15. The lowest BCUT2D eigenvalue weighted by atomic mass is 9.70. The summed E-state index contributed by atoms with van der Waals surface area (Å²) >= 11 is 0. The third kappa shape index (κ3) is 2.34. The van der Waals surface area contributed by atoms with Gasteiger partial charge in [0.25, 0.3) is 0 Å². The molecule has 3 heteroatoms. The summed E-state index contributed by atoms with van der Waals surface area (Å²) in [6, 6.07) is 9.60. The zero-order valence-corrected chi connectivity index (χ0v) is 14.0. The van der Waals surface area contributed by atoms with E-state index in [0.717, 1.165) is 24.0 Å². The van der Waals surface area contributed by atoms with Gasteiger partial charge in [0.15, 0.2) is 5.78 Å². The van der Waals surface area contributed by atoms with Crippen LogP contribution in [0.15, 0.2) is 42.0 Å². The van der Waals surface area contributed by atoms with Crippen LogP contribution in [0.5, 0.6) is 0 Å². The molecule has 23 heavy (non-hydrogen) atoms. The van der Waals surface area contributed by atoms with Crippen molar-refractivity contribution in [2.24, 2.45) is 22.7 Å². The van der Waals surface area contributed by atoms with Gasteiger partial charge in [-0.2, -0.15) is 0 Å². The maximum Gasteiger partial charge on any atom is 0.310 e. The van der Waals surface area contributed by atoms with Crippen molar-refractivity contribution in [1.82, 2.24) is 0 Å². The molecule has 0 aliphatic heterocycles. The number of hydrogen-bond donors (Lipinski definition) is 1. The Balaban J connectivity index is 1.93. The van der Waals surface area contributed by atoms with Crippen LogP contribution in [0.4, 0.5) is 0 Å². The van der Waals surface area contributed by atoms with Crippen LogP contribution >= 0.6 is 0 Å². The van der Waals surface area contributed by atoms with E-state index in [9.17, 15) is 14.7 Å². The average molecular weight is 312 g/mol. The summed E-state index contributed by atoms with van der Waals surface area (Å²) in [7, 11) is 0. The number of carbonyl (C=O) groups excluding carboxylic acids is 1. The van der Waals surface area contributed by atoms with Crippen LogP contribution in [0, 0.1) is 22.7 Å². The minimum atomic E-state index is -0.861. The predicted octanol–water partition coefficient (Wildman–Crippen LogP) is 3.88. The van der Waals surface area contributed by atoms with E-state index in [2.05, 4.69) is 13.8 Å². The molecule has 0 unspecified atom stereocenters. The first-order chi connectivity index (χ1) is 10.8. The van der Waals surface area contributed by atoms with E-state index in [0.29, 0.717) is 6.42 Å². The maximum atomic E-state index is 12.9. The van der Waals surface area contributed by atoms with Gasteiger partial charge in [-0.05, 0) is 41.7 Å². The minimum absolute atomic E-state index is 0.0777. The van der Waals surface area contributed by atoms with Gasteiger partial charge in [0.1, 0.15) is 0 Å². The lowest BCUT2D eigenvalue weighted by Crippen LogP contribution is -2.32. The van der Waals surface area contributed by atoms with E-state index >= 15 is 0 Å². The fraction of sp³-hybridized carbons (Fsp3) is 0.500. The Morgan fingerprint density at radius 3 is 2.48 bits per heavy atom. The predicted molar refractivity (Wildman–Crippen MR) is 89.0 cm³/mol. The second kappa shape index (κ2) is 5.33. The molecule has 0 amide bonds. The third-order valence-electron chi connectivity index (χ3n) is 6.36. The standard InChI is InChI=1S/C20H24O3/c1-19(2)16-9-10-20(19,3)17(21)15(16)12-14(18(22)23)11-13-7-5-4-6-8-13/h4-8,12,14,16H,9-11H2,1-3H3,(H,22,23)/b15-12+/t14-,16+,20-/m1/s1.